The van der Waals surface area contributed by atoms with Crippen LogP contribution >= 0.6 is 11.6 Å². The molecule has 0 saturated heterocycles. The van der Waals surface area contributed by atoms with Crippen LogP contribution in [-0.4, -0.2) is 15.3 Å². The molecular formula is C5H7ClN2O. The number of H-pyrrole nitrogens is 1. The van der Waals surface area contributed by atoms with E-state index in [2.05, 4.69) is 10.2 Å². The molecule has 0 fully saturated rings. The van der Waals surface area contributed by atoms with E-state index >= 15 is 0 Å². The van der Waals surface area contributed by atoms with Gasteiger partial charge in [0.25, 0.3) is 0 Å². The summed E-state index contributed by atoms with van der Waals surface area (Å²) in [5.74, 6) is 0. The summed E-state index contributed by atoms with van der Waals surface area (Å²) in [5.41, 5.74) is 0.639. The Morgan fingerprint density at radius 3 is 2.78 bits per heavy atom. The highest BCUT2D eigenvalue weighted by Gasteiger charge is 2.02. The number of aromatic nitrogens is 2. The van der Waals surface area contributed by atoms with Gasteiger partial charge in [-0.3, -0.25) is 5.10 Å². The Kier molecular flexibility index (Phi) is 1.73. The van der Waals surface area contributed by atoms with Crippen LogP contribution in [0.25, 0.3) is 0 Å². The molecule has 50 valence electrons. The van der Waals surface area contributed by atoms with E-state index in [0.717, 1.165) is 0 Å². The van der Waals surface area contributed by atoms with Crippen molar-refractivity contribution in [2.24, 2.45) is 0 Å². The smallest absolute Gasteiger partial charge is 0.151 e. The lowest BCUT2D eigenvalue weighted by Gasteiger charge is -1.95. The number of hydrogen-bond donors (Lipinski definition) is 2. The van der Waals surface area contributed by atoms with Crippen LogP contribution in [-0.2, 0) is 0 Å². The molecule has 0 aromatic carbocycles. The lowest BCUT2D eigenvalue weighted by molar-refractivity contribution is 0.194. The first-order valence-electron chi connectivity index (χ1n) is 2.59. The van der Waals surface area contributed by atoms with E-state index in [0.29, 0.717) is 10.8 Å². The summed E-state index contributed by atoms with van der Waals surface area (Å²) in [6.07, 6.45) is -0.523. The molecule has 0 aliphatic carbocycles. The summed E-state index contributed by atoms with van der Waals surface area (Å²) >= 11 is 5.45. The topological polar surface area (TPSA) is 48.9 Å². The average molecular weight is 147 g/mol. The van der Waals surface area contributed by atoms with Crippen molar-refractivity contribution in [1.82, 2.24) is 10.2 Å². The van der Waals surface area contributed by atoms with Crippen molar-refractivity contribution >= 4 is 11.6 Å². The normalized spacial score (nSPS) is 13.7. The fourth-order valence-electron chi connectivity index (χ4n) is 0.525. The highest BCUT2D eigenvalue weighted by molar-refractivity contribution is 6.29. The van der Waals surface area contributed by atoms with Gasteiger partial charge in [0.1, 0.15) is 0 Å². The van der Waals surface area contributed by atoms with Crippen molar-refractivity contribution in [3.63, 3.8) is 0 Å². The molecule has 4 heteroatoms. The van der Waals surface area contributed by atoms with Gasteiger partial charge in [-0.25, -0.2) is 0 Å². The summed E-state index contributed by atoms with van der Waals surface area (Å²) in [6.45, 7) is 1.64. The Morgan fingerprint density at radius 1 is 1.89 bits per heavy atom. The van der Waals surface area contributed by atoms with Crippen LogP contribution in [0.3, 0.4) is 0 Å². The number of nitrogens with zero attached hydrogens (tertiary/aromatic N) is 1. The highest BCUT2D eigenvalue weighted by Crippen LogP contribution is 2.12. The third-order valence-electron chi connectivity index (χ3n) is 1.02. The van der Waals surface area contributed by atoms with Crippen molar-refractivity contribution in [3.05, 3.63) is 16.9 Å². The van der Waals surface area contributed by atoms with Crippen LogP contribution in [0.1, 0.15) is 18.7 Å². The molecule has 1 aromatic rings. The zero-order chi connectivity index (χ0) is 6.85. The van der Waals surface area contributed by atoms with Crippen molar-refractivity contribution in [2.75, 3.05) is 0 Å². The van der Waals surface area contributed by atoms with Crippen molar-refractivity contribution in [2.45, 2.75) is 13.0 Å². The standard InChI is InChI=1S/C5H7ClN2O/c1-3(9)4-2-5(6)8-7-4/h2-3,9H,1H3,(H,7,8). The molecule has 1 heterocycles. The van der Waals surface area contributed by atoms with E-state index < -0.39 is 6.10 Å². The minimum atomic E-state index is -0.523. The van der Waals surface area contributed by atoms with E-state index in [1.165, 1.54) is 0 Å². The largest absolute Gasteiger partial charge is 0.387 e. The molecule has 1 aromatic heterocycles. The SMILES string of the molecule is CC(O)c1cc(Cl)n[nH]1. The molecule has 2 N–H and O–H groups in total. The lowest BCUT2D eigenvalue weighted by atomic mass is 10.3. The number of halogens is 1. The maximum Gasteiger partial charge on any atom is 0.151 e. The van der Waals surface area contributed by atoms with Gasteiger partial charge in [0, 0.05) is 6.07 Å². The van der Waals surface area contributed by atoms with Crippen molar-refractivity contribution in [1.29, 1.82) is 0 Å². The summed E-state index contributed by atoms with van der Waals surface area (Å²) in [6, 6.07) is 1.59. The molecular weight excluding hydrogens is 140 g/mol. The van der Waals surface area contributed by atoms with E-state index in [-0.39, 0.29) is 0 Å². The van der Waals surface area contributed by atoms with Gasteiger partial charge < -0.3 is 5.11 Å². The van der Waals surface area contributed by atoms with Crippen LogP contribution in [0.2, 0.25) is 5.15 Å². The second-order valence-corrected chi connectivity index (χ2v) is 2.21. The summed E-state index contributed by atoms with van der Waals surface area (Å²) < 4.78 is 0. The van der Waals surface area contributed by atoms with Gasteiger partial charge in [-0.05, 0) is 6.92 Å². The molecule has 0 saturated carbocycles. The molecule has 1 rings (SSSR count). The Balaban J connectivity index is 2.85. The Morgan fingerprint density at radius 2 is 2.56 bits per heavy atom. The minimum Gasteiger partial charge on any atom is -0.387 e. The van der Waals surface area contributed by atoms with Crippen LogP contribution in [0.4, 0.5) is 0 Å². The Bertz CT molecular complexity index is 197. The molecule has 3 nitrogen and oxygen atoms in total. The molecule has 0 amide bonds. The first kappa shape index (κ1) is 6.58. The zero-order valence-electron chi connectivity index (χ0n) is 4.93. The number of aliphatic hydroxyl groups is 1. The molecule has 0 bridgehead atoms. The zero-order valence-corrected chi connectivity index (χ0v) is 5.68. The van der Waals surface area contributed by atoms with Crippen LogP contribution in [0.15, 0.2) is 6.07 Å². The van der Waals surface area contributed by atoms with Gasteiger partial charge >= 0.3 is 0 Å². The first-order valence-corrected chi connectivity index (χ1v) is 2.97. The van der Waals surface area contributed by atoms with E-state index in [1.807, 2.05) is 0 Å². The Labute approximate surface area is 57.7 Å². The maximum atomic E-state index is 8.91. The fourth-order valence-corrected chi connectivity index (χ4v) is 0.685. The van der Waals surface area contributed by atoms with Gasteiger partial charge in [-0.2, -0.15) is 5.10 Å². The summed E-state index contributed by atoms with van der Waals surface area (Å²) in [5, 5.41) is 15.5. The lowest BCUT2D eigenvalue weighted by Crippen LogP contribution is -1.89. The van der Waals surface area contributed by atoms with E-state index in [9.17, 15) is 0 Å². The average Bonchev–Trinajstić information content (AvgIpc) is 2.14. The first-order chi connectivity index (χ1) is 4.20. The van der Waals surface area contributed by atoms with Gasteiger partial charge in [-0.15, -0.1) is 0 Å². The third kappa shape index (κ3) is 1.43. The molecule has 1 unspecified atom stereocenters. The molecule has 0 spiro atoms. The molecule has 1 atom stereocenters. The maximum absolute atomic E-state index is 8.91. The van der Waals surface area contributed by atoms with Crippen LogP contribution < -0.4 is 0 Å². The molecule has 0 radical (unpaired) electrons. The second-order valence-electron chi connectivity index (χ2n) is 1.82. The van der Waals surface area contributed by atoms with Crippen molar-refractivity contribution in [3.8, 4) is 0 Å². The highest BCUT2D eigenvalue weighted by atomic mass is 35.5. The summed E-state index contributed by atoms with van der Waals surface area (Å²) in [7, 11) is 0. The number of rotatable bonds is 1. The Hall–Kier alpha value is -0.540. The summed E-state index contributed by atoms with van der Waals surface area (Å²) in [4.78, 5) is 0. The van der Waals surface area contributed by atoms with Crippen LogP contribution in [0.5, 0.6) is 0 Å². The van der Waals surface area contributed by atoms with Gasteiger partial charge in [0.05, 0.1) is 11.8 Å². The van der Waals surface area contributed by atoms with Crippen LogP contribution in [0, 0.1) is 0 Å². The molecule has 9 heavy (non-hydrogen) atoms. The van der Waals surface area contributed by atoms with Gasteiger partial charge in [-0.1, -0.05) is 11.6 Å². The minimum absolute atomic E-state index is 0.380. The molecule has 0 aliphatic heterocycles. The predicted octanol–water partition coefficient (Wildman–Crippen LogP) is 1.12. The number of aromatic amines is 1. The number of aliphatic hydroxyl groups excluding tert-OH is 1. The second kappa shape index (κ2) is 2.37. The van der Waals surface area contributed by atoms with Gasteiger partial charge in [0.2, 0.25) is 0 Å². The number of nitrogens with one attached hydrogen (secondary N) is 1. The van der Waals surface area contributed by atoms with E-state index in [1.54, 1.807) is 13.0 Å². The third-order valence-corrected chi connectivity index (χ3v) is 1.21. The monoisotopic (exact) mass is 146 g/mol. The van der Waals surface area contributed by atoms with Crippen molar-refractivity contribution < 1.29 is 5.11 Å². The molecule has 0 aliphatic rings. The fraction of sp³-hybridized carbons (Fsp3) is 0.400. The quantitative estimate of drug-likeness (QED) is 0.624. The van der Waals surface area contributed by atoms with E-state index in [4.69, 9.17) is 16.7 Å². The number of hydrogen-bond acceptors (Lipinski definition) is 2. The predicted molar refractivity (Wildman–Crippen MR) is 34.2 cm³/mol. The van der Waals surface area contributed by atoms with Gasteiger partial charge in [0.15, 0.2) is 5.15 Å².